The summed E-state index contributed by atoms with van der Waals surface area (Å²) in [5, 5.41) is 0. The highest BCUT2D eigenvalue weighted by molar-refractivity contribution is 6.18. The minimum atomic E-state index is 0.890. The standard InChI is InChI=1S/C29H30N4/c1-4-7-8-9-26-24(5-2)29-25(6-3)27-15-14-22(32-27)17-21-11-10-19(30-21)16-20-12-13-23(31-20)18-28(26)33-29/h10-18H,4-9H2,1-3H3. The Morgan fingerprint density at radius 1 is 0.545 bits per heavy atom. The van der Waals surface area contributed by atoms with Crippen LogP contribution >= 0.6 is 0 Å². The van der Waals surface area contributed by atoms with Crippen LogP contribution in [0, 0.1) is 0 Å². The molecule has 5 heterocycles. The van der Waals surface area contributed by atoms with Gasteiger partial charge in [0.1, 0.15) is 0 Å². The van der Waals surface area contributed by atoms with Gasteiger partial charge in [0.15, 0.2) is 0 Å². The molecule has 0 fully saturated rings. The third kappa shape index (κ3) is 4.30. The van der Waals surface area contributed by atoms with E-state index in [2.05, 4.69) is 51.2 Å². The molecule has 8 bridgehead atoms. The van der Waals surface area contributed by atoms with E-state index in [4.69, 9.17) is 20.0 Å². The molecule has 33 heavy (non-hydrogen) atoms. The van der Waals surface area contributed by atoms with Crippen molar-refractivity contribution in [1.82, 2.24) is 0 Å². The van der Waals surface area contributed by atoms with Crippen molar-refractivity contribution in [2.24, 2.45) is 20.0 Å². The van der Waals surface area contributed by atoms with Gasteiger partial charge in [-0.15, -0.1) is 0 Å². The molecule has 166 valence electrons. The van der Waals surface area contributed by atoms with Crippen molar-refractivity contribution in [3.8, 4) is 0 Å². The summed E-state index contributed by atoms with van der Waals surface area (Å²) in [5.41, 5.74) is 11.8. The van der Waals surface area contributed by atoms with Gasteiger partial charge in [-0.25, -0.2) is 20.0 Å². The molecule has 0 saturated heterocycles. The van der Waals surface area contributed by atoms with E-state index in [9.17, 15) is 0 Å². The second-order valence-electron chi connectivity index (χ2n) is 8.72. The topological polar surface area (TPSA) is 49.4 Å². The second-order valence-corrected chi connectivity index (χ2v) is 8.72. The minimum absolute atomic E-state index is 0.890. The van der Waals surface area contributed by atoms with Crippen LogP contribution in [0.15, 0.2) is 114 Å². The Morgan fingerprint density at radius 3 is 1.85 bits per heavy atom. The normalized spacial score (nSPS) is 20.8. The van der Waals surface area contributed by atoms with E-state index in [1.165, 1.54) is 36.0 Å². The monoisotopic (exact) mass is 434 g/mol. The Kier molecular flexibility index (Phi) is 5.99. The number of hydrogen-bond donors (Lipinski definition) is 0. The number of rotatable bonds is 6. The lowest BCUT2D eigenvalue weighted by atomic mass is 9.93. The zero-order valence-electron chi connectivity index (χ0n) is 19.7. The van der Waals surface area contributed by atoms with E-state index in [1.807, 2.05) is 24.3 Å². The number of hydrogen-bond acceptors (Lipinski definition) is 4. The summed E-state index contributed by atoms with van der Waals surface area (Å²) >= 11 is 0. The molecule has 0 unspecified atom stereocenters. The molecular formula is C29H30N4. The number of nitrogens with zero attached hydrogens (tertiary/aromatic N) is 4. The highest BCUT2D eigenvalue weighted by Gasteiger charge is 2.26. The van der Waals surface area contributed by atoms with Crippen LogP contribution in [0.3, 0.4) is 0 Å². The maximum atomic E-state index is 5.21. The molecular weight excluding hydrogens is 404 g/mol. The summed E-state index contributed by atoms with van der Waals surface area (Å²) in [5.74, 6) is 0. The summed E-state index contributed by atoms with van der Waals surface area (Å²) < 4.78 is 0. The Balaban J connectivity index is 1.69. The van der Waals surface area contributed by atoms with Crippen molar-refractivity contribution >= 4 is 22.8 Å². The maximum Gasteiger partial charge on any atom is 0.0725 e. The Hall–Kier alpha value is -3.40. The van der Waals surface area contributed by atoms with Crippen molar-refractivity contribution in [2.45, 2.75) is 59.3 Å². The Bertz CT molecular complexity index is 1260. The second kappa shape index (κ2) is 9.22. The predicted octanol–water partition coefficient (Wildman–Crippen LogP) is 7.09. The summed E-state index contributed by atoms with van der Waals surface area (Å²) in [4.78, 5) is 19.7. The van der Waals surface area contributed by atoms with Crippen molar-refractivity contribution in [1.29, 1.82) is 0 Å². The van der Waals surface area contributed by atoms with E-state index in [0.29, 0.717) is 0 Å². The molecule has 0 atom stereocenters. The van der Waals surface area contributed by atoms with Gasteiger partial charge in [-0.1, -0.05) is 33.6 Å². The lowest BCUT2D eigenvalue weighted by Crippen LogP contribution is -2.02. The molecule has 5 aliphatic rings. The van der Waals surface area contributed by atoms with Gasteiger partial charge in [0.2, 0.25) is 0 Å². The molecule has 0 N–H and O–H groups in total. The van der Waals surface area contributed by atoms with Gasteiger partial charge >= 0.3 is 0 Å². The lowest BCUT2D eigenvalue weighted by molar-refractivity contribution is 0.720. The van der Waals surface area contributed by atoms with Crippen LogP contribution in [0.1, 0.15) is 59.3 Å². The third-order valence-corrected chi connectivity index (χ3v) is 6.43. The van der Waals surface area contributed by atoms with Crippen molar-refractivity contribution < 1.29 is 0 Å². The summed E-state index contributed by atoms with van der Waals surface area (Å²) in [6, 6.07) is 0. The smallest absolute Gasteiger partial charge is 0.0725 e. The van der Waals surface area contributed by atoms with Gasteiger partial charge in [0, 0.05) is 5.57 Å². The van der Waals surface area contributed by atoms with Crippen molar-refractivity contribution in [2.75, 3.05) is 0 Å². The van der Waals surface area contributed by atoms with Crippen LogP contribution in [-0.4, -0.2) is 22.8 Å². The summed E-state index contributed by atoms with van der Waals surface area (Å²) in [7, 11) is 0. The van der Waals surface area contributed by atoms with Crippen LogP contribution < -0.4 is 0 Å². The quantitative estimate of drug-likeness (QED) is 0.401. The van der Waals surface area contributed by atoms with E-state index < -0.39 is 0 Å². The number of unbranched alkanes of at least 4 members (excludes halogenated alkanes) is 2. The van der Waals surface area contributed by atoms with Gasteiger partial charge < -0.3 is 0 Å². The minimum Gasteiger partial charge on any atom is -0.249 e. The first-order valence-corrected chi connectivity index (χ1v) is 12.2. The number of aliphatic imine (C=N–C) groups is 4. The molecule has 0 spiro atoms. The largest absolute Gasteiger partial charge is 0.249 e. The van der Waals surface area contributed by atoms with Crippen LogP contribution in [-0.2, 0) is 0 Å². The molecule has 0 radical (unpaired) electrons. The molecule has 4 nitrogen and oxygen atoms in total. The van der Waals surface area contributed by atoms with E-state index in [1.54, 1.807) is 0 Å². The fraction of sp³-hybridized carbons (Fsp3) is 0.310. The Morgan fingerprint density at radius 2 is 1.18 bits per heavy atom. The summed E-state index contributed by atoms with van der Waals surface area (Å²) in [6.45, 7) is 6.70. The highest BCUT2D eigenvalue weighted by Crippen LogP contribution is 2.36. The number of fused-ring (bicyclic) bond motifs is 4. The van der Waals surface area contributed by atoms with E-state index in [-0.39, 0.29) is 0 Å². The molecule has 0 aromatic carbocycles. The van der Waals surface area contributed by atoms with E-state index >= 15 is 0 Å². The SMILES string of the molecule is CCCCCC1=C(CC)C2=C(CC)C3=NC(=CC4=NC(=CC5=NC(=CC1=N2)C=C5)C=C4)C=C3. The van der Waals surface area contributed by atoms with Crippen molar-refractivity contribution in [3.05, 3.63) is 94.2 Å². The molecule has 0 aliphatic carbocycles. The lowest BCUT2D eigenvalue weighted by Gasteiger charge is -2.11. The molecule has 0 aromatic rings. The first-order valence-electron chi connectivity index (χ1n) is 12.2. The average molecular weight is 435 g/mol. The predicted molar refractivity (Wildman–Crippen MR) is 140 cm³/mol. The first kappa shape index (κ1) is 21.4. The van der Waals surface area contributed by atoms with Crippen molar-refractivity contribution in [3.63, 3.8) is 0 Å². The van der Waals surface area contributed by atoms with Crippen LogP contribution in [0.25, 0.3) is 0 Å². The van der Waals surface area contributed by atoms with Gasteiger partial charge in [0.25, 0.3) is 0 Å². The fourth-order valence-corrected chi connectivity index (χ4v) is 4.78. The molecule has 0 amide bonds. The molecule has 5 rings (SSSR count). The van der Waals surface area contributed by atoms with Gasteiger partial charge in [-0.3, -0.25) is 0 Å². The van der Waals surface area contributed by atoms with Crippen LogP contribution in [0.5, 0.6) is 0 Å². The molecule has 0 aromatic heterocycles. The summed E-state index contributed by atoms with van der Waals surface area (Å²) in [6.07, 6.45) is 25.1. The van der Waals surface area contributed by atoms with Gasteiger partial charge in [-0.2, -0.15) is 0 Å². The third-order valence-electron chi connectivity index (χ3n) is 6.43. The molecule has 4 heteroatoms. The van der Waals surface area contributed by atoms with Gasteiger partial charge in [-0.05, 0) is 91.5 Å². The van der Waals surface area contributed by atoms with Gasteiger partial charge in [0.05, 0.1) is 45.6 Å². The fourth-order valence-electron chi connectivity index (χ4n) is 4.78. The van der Waals surface area contributed by atoms with Crippen LogP contribution in [0.2, 0.25) is 0 Å². The zero-order valence-corrected chi connectivity index (χ0v) is 19.7. The highest BCUT2D eigenvalue weighted by atomic mass is 14.9. The molecule has 5 aliphatic heterocycles. The van der Waals surface area contributed by atoms with Crippen LogP contribution in [0.4, 0.5) is 0 Å². The number of allylic oxidation sites excluding steroid dienone is 12. The molecule has 0 saturated carbocycles. The zero-order chi connectivity index (χ0) is 22.8. The Labute approximate surface area is 196 Å². The first-order chi connectivity index (χ1) is 16.2. The maximum absolute atomic E-state index is 5.21. The van der Waals surface area contributed by atoms with E-state index in [0.717, 1.165) is 64.9 Å². The average Bonchev–Trinajstić information content (AvgIpc) is 3.59.